The van der Waals surface area contributed by atoms with Gasteiger partial charge in [0.2, 0.25) is 15.9 Å². The Kier molecular flexibility index (Phi) is 6.27. The van der Waals surface area contributed by atoms with Gasteiger partial charge in [-0.1, -0.05) is 26.8 Å². The minimum absolute atomic E-state index is 0. The molecule has 0 aliphatic heterocycles. The van der Waals surface area contributed by atoms with Crippen LogP contribution >= 0.6 is 0 Å². The molecule has 0 radical (unpaired) electrons. The van der Waals surface area contributed by atoms with E-state index in [2.05, 4.69) is 5.32 Å². The van der Waals surface area contributed by atoms with Crippen molar-refractivity contribution in [2.75, 3.05) is 5.32 Å². The predicted octanol–water partition coefficient (Wildman–Crippen LogP) is -3.14. The number of anilines is 1. The summed E-state index contributed by atoms with van der Waals surface area (Å²) in [7, 11) is -3.91. The maximum Gasteiger partial charge on any atom is 1.00 e. The van der Waals surface area contributed by atoms with Crippen molar-refractivity contribution < 1.29 is 52.7 Å². The second kappa shape index (κ2) is 7.13. The molecule has 126 valence electrons. The van der Waals surface area contributed by atoms with Crippen molar-refractivity contribution in [2.45, 2.75) is 32.1 Å². The summed E-state index contributed by atoms with van der Waals surface area (Å²) in [6.07, 6.45) is 0.475. The third-order valence-corrected chi connectivity index (χ3v) is 5.38. The number of carboxylic acid groups (broad SMARTS) is 1. The van der Waals surface area contributed by atoms with Crippen molar-refractivity contribution in [3.8, 4) is 0 Å². The molecular weight excluding hydrogens is 343 g/mol. The molecule has 1 saturated carbocycles. The largest absolute Gasteiger partial charge is 1.00 e. The first-order valence-corrected chi connectivity index (χ1v) is 8.72. The summed E-state index contributed by atoms with van der Waals surface area (Å²) in [6, 6.07) is 4.42. The van der Waals surface area contributed by atoms with E-state index in [-0.39, 0.29) is 40.1 Å². The average molecular weight is 362 g/mol. The molecule has 1 aromatic carbocycles. The molecule has 3 N–H and O–H groups in total. The van der Waals surface area contributed by atoms with Crippen LogP contribution in [0, 0.1) is 17.3 Å². The number of carbonyl (C=O) groups is 2. The molecule has 2 atom stereocenters. The summed E-state index contributed by atoms with van der Waals surface area (Å²) in [5.41, 5.74) is 0.121. The zero-order valence-corrected chi connectivity index (χ0v) is 16.9. The van der Waals surface area contributed by atoms with Crippen molar-refractivity contribution in [1.29, 1.82) is 0 Å². The van der Waals surface area contributed by atoms with Gasteiger partial charge in [0, 0.05) is 17.6 Å². The fourth-order valence-corrected chi connectivity index (χ4v) is 3.85. The molecule has 0 unspecified atom stereocenters. The van der Waals surface area contributed by atoms with E-state index in [0.29, 0.717) is 12.0 Å². The number of aliphatic carboxylic acids is 1. The number of nitrogens with one attached hydrogen (secondary N) is 1. The third-order valence-electron chi connectivity index (χ3n) is 4.39. The van der Waals surface area contributed by atoms with Crippen molar-refractivity contribution in [3.05, 3.63) is 23.8 Å². The molecule has 0 aromatic heterocycles. The minimum atomic E-state index is -3.91. The molecule has 1 fully saturated rings. The number of hydrogen-bond acceptors (Lipinski definition) is 5. The third kappa shape index (κ3) is 4.00. The van der Waals surface area contributed by atoms with Crippen molar-refractivity contribution in [2.24, 2.45) is 22.4 Å². The topological polar surface area (TPSA) is 129 Å². The first-order valence-electron chi connectivity index (χ1n) is 7.17. The van der Waals surface area contributed by atoms with E-state index >= 15 is 0 Å². The van der Waals surface area contributed by atoms with Gasteiger partial charge in [0.1, 0.15) is 0 Å². The van der Waals surface area contributed by atoms with Gasteiger partial charge in [0.15, 0.2) is 0 Å². The van der Waals surface area contributed by atoms with Crippen molar-refractivity contribution in [1.82, 2.24) is 0 Å². The van der Waals surface area contributed by atoms with E-state index in [0.717, 1.165) is 0 Å². The van der Waals surface area contributed by atoms with Crippen LogP contribution in [0.3, 0.4) is 0 Å². The van der Waals surface area contributed by atoms with E-state index in [1.54, 1.807) is 32.9 Å². The van der Waals surface area contributed by atoms with Gasteiger partial charge in [-0.15, -0.1) is 0 Å². The number of carbonyl (C=O) groups excluding carboxylic acids is 2. The molecular formula is C15H19N2NaO5S. The number of carboxylic acids is 1. The Bertz CT molecular complexity index is 776. The Morgan fingerprint density at radius 2 is 1.88 bits per heavy atom. The second-order valence-electron chi connectivity index (χ2n) is 6.31. The van der Waals surface area contributed by atoms with E-state index in [1.807, 2.05) is 0 Å². The second-order valence-corrected chi connectivity index (χ2v) is 7.84. The molecule has 0 heterocycles. The van der Waals surface area contributed by atoms with Gasteiger partial charge in [-0.2, -0.15) is 0 Å². The molecule has 1 aliphatic carbocycles. The standard InChI is InChI=1S/C15H20N2O5S.Na/c1-4-8-5-6-9(7-10(8)23(16,21)22)17-13(18)11-12(14(19)20)15(11,2)3;/h5-7,11-12H,4H2,1-3H3,(H,17,18)(H,19,20)(H2,16,21,22);/q;+1/p-1/t11-,12+;/m0./s1. The molecule has 9 heteroatoms. The van der Waals surface area contributed by atoms with Crippen LogP contribution in [-0.4, -0.2) is 20.3 Å². The van der Waals surface area contributed by atoms with Gasteiger partial charge in [0.25, 0.3) is 0 Å². The smallest absolute Gasteiger partial charge is 0.550 e. The predicted molar refractivity (Wildman–Crippen MR) is 81.6 cm³/mol. The maximum absolute atomic E-state index is 12.2. The van der Waals surface area contributed by atoms with Gasteiger partial charge in [-0.3, -0.25) is 4.79 Å². The van der Waals surface area contributed by atoms with Crippen LogP contribution in [0.2, 0.25) is 0 Å². The number of sulfonamides is 1. The van der Waals surface area contributed by atoms with E-state index in [4.69, 9.17) is 5.14 Å². The Hall–Kier alpha value is -0.930. The van der Waals surface area contributed by atoms with Crippen LogP contribution in [0.25, 0.3) is 0 Å². The number of benzene rings is 1. The van der Waals surface area contributed by atoms with E-state index in [9.17, 15) is 23.1 Å². The van der Waals surface area contributed by atoms with E-state index in [1.165, 1.54) is 6.07 Å². The number of rotatable bonds is 5. The number of primary sulfonamides is 1. The van der Waals surface area contributed by atoms with Crippen LogP contribution in [-0.2, 0) is 26.0 Å². The summed E-state index contributed by atoms with van der Waals surface area (Å²) in [5.74, 6) is -3.30. The maximum atomic E-state index is 12.2. The fraction of sp³-hybridized carbons (Fsp3) is 0.467. The SMILES string of the molecule is CCc1ccc(NC(=O)[C@@H]2[C@H](C(=O)[O-])C2(C)C)cc1S(N)(=O)=O.[Na+]. The van der Waals surface area contributed by atoms with Crippen LogP contribution in [0.15, 0.2) is 23.1 Å². The van der Waals surface area contributed by atoms with Crippen LogP contribution in [0.1, 0.15) is 26.3 Å². The van der Waals surface area contributed by atoms with E-state index < -0.39 is 39.2 Å². The quantitative estimate of drug-likeness (QED) is 0.535. The Labute approximate surface area is 163 Å². The molecule has 24 heavy (non-hydrogen) atoms. The van der Waals surface area contributed by atoms with Crippen LogP contribution in [0.4, 0.5) is 5.69 Å². The summed E-state index contributed by atoms with van der Waals surface area (Å²) >= 11 is 0. The number of hydrogen-bond donors (Lipinski definition) is 2. The molecule has 0 spiro atoms. The summed E-state index contributed by atoms with van der Waals surface area (Å²) < 4.78 is 23.2. The Morgan fingerprint density at radius 3 is 2.29 bits per heavy atom. The van der Waals surface area contributed by atoms with Crippen LogP contribution < -0.4 is 45.1 Å². The molecule has 1 amide bonds. The van der Waals surface area contributed by atoms with Crippen molar-refractivity contribution >= 4 is 27.6 Å². The van der Waals surface area contributed by atoms with Gasteiger partial charge in [-0.05, 0) is 29.5 Å². The van der Waals surface area contributed by atoms with Gasteiger partial charge in [-0.25, -0.2) is 13.6 Å². The zero-order chi connectivity index (χ0) is 17.6. The normalized spacial score (nSPS) is 21.5. The Morgan fingerprint density at radius 1 is 1.29 bits per heavy atom. The minimum Gasteiger partial charge on any atom is -0.550 e. The molecule has 1 aliphatic rings. The van der Waals surface area contributed by atoms with Gasteiger partial charge >= 0.3 is 29.6 Å². The molecule has 0 bridgehead atoms. The number of amides is 1. The molecule has 1 aromatic rings. The molecule has 0 saturated heterocycles. The first kappa shape index (κ1) is 21.1. The monoisotopic (exact) mass is 362 g/mol. The zero-order valence-electron chi connectivity index (χ0n) is 14.1. The van der Waals surface area contributed by atoms with Crippen LogP contribution in [0.5, 0.6) is 0 Å². The summed E-state index contributed by atoms with van der Waals surface area (Å²) in [6.45, 7) is 5.14. The number of aryl methyl sites for hydroxylation is 1. The van der Waals surface area contributed by atoms with Crippen molar-refractivity contribution in [3.63, 3.8) is 0 Å². The summed E-state index contributed by atoms with van der Waals surface area (Å²) in [4.78, 5) is 23.2. The Balaban J connectivity index is 0.00000288. The molecule has 2 rings (SSSR count). The average Bonchev–Trinajstić information content (AvgIpc) is 3.01. The number of nitrogens with two attached hydrogens (primary N) is 1. The summed E-state index contributed by atoms with van der Waals surface area (Å²) in [5, 5.41) is 18.8. The first-order chi connectivity index (χ1) is 10.5. The van der Waals surface area contributed by atoms with Gasteiger partial charge < -0.3 is 15.2 Å². The fourth-order valence-electron chi connectivity index (χ4n) is 2.98. The van der Waals surface area contributed by atoms with Gasteiger partial charge in [0.05, 0.1) is 10.8 Å². The molecule has 7 nitrogen and oxygen atoms in total.